The van der Waals surface area contributed by atoms with Crippen LogP contribution in [0.5, 0.6) is 5.75 Å². The van der Waals surface area contributed by atoms with Crippen LogP contribution >= 0.6 is 23.6 Å². The predicted molar refractivity (Wildman–Crippen MR) is 111 cm³/mol. The van der Waals surface area contributed by atoms with Crippen LogP contribution in [-0.2, 0) is 4.79 Å². The summed E-state index contributed by atoms with van der Waals surface area (Å²) in [5.41, 5.74) is 2.49. The SMILES string of the molecule is CC1=C(C(=O)Nc2nc3ccccc3s2)C(c2ccccc2O)NC(=S)N1. The largest absolute Gasteiger partial charge is 0.508 e. The first-order valence-electron chi connectivity index (χ1n) is 8.26. The van der Waals surface area contributed by atoms with Crippen LogP contribution in [0.25, 0.3) is 10.2 Å². The number of phenolic OH excluding ortho intramolecular Hbond substituents is 1. The number of thiocarbonyl (C=S) groups is 1. The molecule has 3 aromatic rings. The first-order chi connectivity index (χ1) is 13.0. The number of rotatable bonds is 3. The molecule has 0 aliphatic carbocycles. The van der Waals surface area contributed by atoms with Gasteiger partial charge in [-0.2, -0.15) is 0 Å². The van der Waals surface area contributed by atoms with E-state index in [1.54, 1.807) is 31.2 Å². The Labute approximate surface area is 164 Å². The van der Waals surface area contributed by atoms with Gasteiger partial charge in [0.25, 0.3) is 5.91 Å². The number of benzene rings is 2. The Balaban J connectivity index is 1.69. The standard InChI is InChI=1S/C19H16N4O2S2/c1-10-15(16(22-18(26)20-10)11-6-2-4-8-13(11)24)17(25)23-19-21-12-7-3-5-9-14(12)27-19/h2-9,16,24H,1H3,(H2,20,22,26)(H,21,23,25). The second kappa shape index (κ2) is 6.98. The Kier molecular flexibility index (Phi) is 4.51. The maximum absolute atomic E-state index is 13.0. The van der Waals surface area contributed by atoms with Crippen molar-refractivity contribution in [3.05, 3.63) is 65.4 Å². The molecule has 2 aromatic carbocycles. The number of hydrogen-bond acceptors (Lipinski definition) is 5. The van der Waals surface area contributed by atoms with Crippen LogP contribution in [0.4, 0.5) is 5.13 Å². The molecule has 1 aliphatic rings. The lowest BCUT2D eigenvalue weighted by atomic mass is 9.94. The minimum absolute atomic E-state index is 0.0952. The average molecular weight is 396 g/mol. The van der Waals surface area contributed by atoms with Crippen molar-refractivity contribution in [2.24, 2.45) is 0 Å². The monoisotopic (exact) mass is 396 g/mol. The Hall–Kier alpha value is -2.97. The fraction of sp³-hybridized carbons (Fsp3) is 0.105. The second-order valence-corrected chi connectivity index (χ2v) is 7.51. The van der Waals surface area contributed by atoms with Crippen molar-refractivity contribution in [1.29, 1.82) is 0 Å². The Bertz CT molecular complexity index is 1060. The number of aromatic hydroxyl groups is 1. The van der Waals surface area contributed by atoms with E-state index in [0.717, 1.165) is 10.2 Å². The van der Waals surface area contributed by atoms with Gasteiger partial charge in [0.05, 0.1) is 21.8 Å². The van der Waals surface area contributed by atoms with Gasteiger partial charge in [-0.3, -0.25) is 10.1 Å². The zero-order valence-electron chi connectivity index (χ0n) is 14.3. The number of fused-ring (bicyclic) bond motifs is 1. The van der Waals surface area contributed by atoms with Crippen molar-refractivity contribution in [3.8, 4) is 5.75 Å². The zero-order valence-corrected chi connectivity index (χ0v) is 15.9. The normalized spacial score (nSPS) is 16.8. The van der Waals surface area contributed by atoms with E-state index in [2.05, 4.69) is 20.9 Å². The van der Waals surface area contributed by atoms with Crippen LogP contribution in [0.1, 0.15) is 18.5 Å². The summed E-state index contributed by atoms with van der Waals surface area (Å²) in [6.07, 6.45) is 0. The zero-order chi connectivity index (χ0) is 19.0. The molecule has 0 saturated heterocycles. The third kappa shape index (κ3) is 3.36. The highest BCUT2D eigenvalue weighted by atomic mass is 32.1. The number of amides is 1. The number of allylic oxidation sites excluding steroid dienone is 1. The van der Waals surface area contributed by atoms with E-state index in [-0.39, 0.29) is 11.7 Å². The van der Waals surface area contributed by atoms with E-state index >= 15 is 0 Å². The van der Waals surface area contributed by atoms with Gasteiger partial charge in [-0.15, -0.1) is 0 Å². The van der Waals surface area contributed by atoms with Crippen molar-refractivity contribution in [2.45, 2.75) is 13.0 Å². The third-order valence-corrected chi connectivity index (χ3v) is 5.45. The molecule has 4 rings (SSSR count). The topological polar surface area (TPSA) is 86.3 Å². The molecule has 1 aliphatic heterocycles. The number of phenols is 1. The maximum Gasteiger partial charge on any atom is 0.257 e. The molecule has 0 spiro atoms. The van der Waals surface area contributed by atoms with Gasteiger partial charge < -0.3 is 15.7 Å². The summed E-state index contributed by atoms with van der Waals surface area (Å²) < 4.78 is 0.997. The van der Waals surface area contributed by atoms with Crippen molar-refractivity contribution in [1.82, 2.24) is 15.6 Å². The number of nitrogens with one attached hydrogen (secondary N) is 3. The lowest BCUT2D eigenvalue weighted by Crippen LogP contribution is -2.45. The van der Waals surface area contributed by atoms with Crippen LogP contribution in [0, 0.1) is 0 Å². The molecule has 2 heterocycles. The van der Waals surface area contributed by atoms with Crippen LogP contribution < -0.4 is 16.0 Å². The summed E-state index contributed by atoms with van der Waals surface area (Å²) in [4.78, 5) is 17.5. The van der Waals surface area contributed by atoms with Crippen LogP contribution in [0.3, 0.4) is 0 Å². The molecule has 4 N–H and O–H groups in total. The quantitative estimate of drug-likeness (QED) is 0.508. The number of thiazole rings is 1. The highest BCUT2D eigenvalue weighted by molar-refractivity contribution is 7.80. The lowest BCUT2D eigenvalue weighted by molar-refractivity contribution is -0.113. The van der Waals surface area contributed by atoms with E-state index in [9.17, 15) is 9.90 Å². The summed E-state index contributed by atoms with van der Waals surface area (Å²) in [6, 6.07) is 14.0. The van der Waals surface area contributed by atoms with Crippen molar-refractivity contribution >= 4 is 49.9 Å². The van der Waals surface area contributed by atoms with Gasteiger partial charge in [0.2, 0.25) is 0 Å². The van der Waals surface area contributed by atoms with Gasteiger partial charge in [-0.05, 0) is 37.3 Å². The van der Waals surface area contributed by atoms with Gasteiger partial charge in [0.1, 0.15) is 5.75 Å². The van der Waals surface area contributed by atoms with Crippen LogP contribution in [0.15, 0.2) is 59.8 Å². The number of aromatic nitrogens is 1. The van der Waals surface area contributed by atoms with E-state index < -0.39 is 6.04 Å². The van der Waals surface area contributed by atoms with Gasteiger partial charge in [0, 0.05) is 11.3 Å². The molecule has 136 valence electrons. The molecule has 6 nitrogen and oxygen atoms in total. The lowest BCUT2D eigenvalue weighted by Gasteiger charge is -2.30. The smallest absolute Gasteiger partial charge is 0.257 e. The van der Waals surface area contributed by atoms with Crippen LogP contribution in [0.2, 0.25) is 0 Å². The molecule has 1 unspecified atom stereocenters. The van der Waals surface area contributed by atoms with Gasteiger partial charge in [-0.1, -0.05) is 41.7 Å². The maximum atomic E-state index is 13.0. The third-order valence-electron chi connectivity index (χ3n) is 4.28. The van der Waals surface area contributed by atoms with Crippen molar-refractivity contribution < 1.29 is 9.90 Å². The van der Waals surface area contributed by atoms with Crippen molar-refractivity contribution in [3.63, 3.8) is 0 Å². The van der Waals surface area contributed by atoms with E-state index in [0.29, 0.717) is 27.1 Å². The van der Waals surface area contributed by atoms with E-state index in [1.165, 1.54) is 11.3 Å². The summed E-state index contributed by atoms with van der Waals surface area (Å²) in [6.45, 7) is 1.79. The van der Waals surface area contributed by atoms with E-state index in [1.807, 2.05) is 24.3 Å². The second-order valence-electron chi connectivity index (χ2n) is 6.07. The fourth-order valence-corrected chi connectivity index (χ4v) is 4.18. The molecule has 0 radical (unpaired) electrons. The number of carbonyl (C=O) groups is 1. The molecular weight excluding hydrogens is 380 g/mol. The summed E-state index contributed by atoms with van der Waals surface area (Å²) >= 11 is 6.65. The van der Waals surface area contributed by atoms with E-state index in [4.69, 9.17) is 12.2 Å². The van der Waals surface area contributed by atoms with Gasteiger partial charge >= 0.3 is 0 Å². The summed E-state index contributed by atoms with van der Waals surface area (Å²) in [7, 11) is 0. The minimum Gasteiger partial charge on any atom is -0.508 e. The molecule has 27 heavy (non-hydrogen) atoms. The Morgan fingerprint density at radius 1 is 1.22 bits per heavy atom. The average Bonchev–Trinajstić information content (AvgIpc) is 3.03. The number of anilines is 1. The molecule has 0 fully saturated rings. The summed E-state index contributed by atoms with van der Waals surface area (Å²) in [5.74, 6) is -0.208. The Morgan fingerprint density at radius 2 is 1.96 bits per heavy atom. The molecule has 1 amide bonds. The molecule has 1 aromatic heterocycles. The Morgan fingerprint density at radius 3 is 2.74 bits per heavy atom. The minimum atomic E-state index is -0.561. The number of hydrogen-bond donors (Lipinski definition) is 4. The molecule has 0 bridgehead atoms. The molecule has 0 saturated carbocycles. The predicted octanol–water partition coefficient (Wildman–Crippen LogP) is 3.43. The number of para-hydroxylation sites is 2. The first kappa shape index (κ1) is 17.4. The highest BCUT2D eigenvalue weighted by Crippen LogP contribution is 2.33. The summed E-state index contributed by atoms with van der Waals surface area (Å²) in [5, 5.41) is 20.1. The number of nitrogens with zero attached hydrogens (tertiary/aromatic N) is 1. The first-order valence-corrected chi connectivity index (χ1v) is 9.48. The van der Waals surface area contributed by atoms with Crippen LogP contribution in [-0.4, -0.2) is 21.1 Å². The van der Waals surface area contributed by atoms with Gasteiger partial charge in [0.15, 0.2) is 10.2 Å². The number of carbonyl (C=O) groups excluding carboxylic acids is 1. The fourth-order valence-electron chi connectivity index (χ4n) is 3.05. The highest BCUT2D eigenvalue weighted by Gasteiger charge is 2.31. The molecule has 8 heteroatoms. The molecule has 1 atom stereocenters. The van der Waals surface area contributed by atoms with Gasteiger partial charge in [-0.25, -0.2) is 4.98 Å². The molecular formula is C19H16N4O2S2. The van der Waals surface area contributed by atoms with Crippen molar-refractivity contribution in [2.75, 3.05) is 5.32 Å².